The molecule has 0 radical (unpaired) electrons. The van der Waals surface area contributed by atoms with Crippen LogP contribution in [0.5, 0.6) is 0 Å². The topological polar surface area (TPSA) is 38.4 Å². The van der Waals surface area contributed by atoms with Crippen molar-refractivity contribution in [1.29, 1.82) is 0 Å². The van der Waals surface area contributed by atoms with E-state index >= 15 is 0 Å². The lowest BCUT2D eigenvalue weighted by molar-refractivity contribution is 0.430. The van der Waals surface area contributed by atoms with E-state index in [0.717, 1.165) is 30.7 Å². The van der Waals surface area contributed by atoms with Crippen LogP contribution in [-0.4, -0.2) is 12.8 Å². The Morgan fingerprint density at radius 1 is 1.50 bits per heavy atom. The highest BCUT2D eigenvalue weighted by atomic mass is 14.7. The molecular weight excluding hydrogens is 172 g/mol. The van der Waals surface area contributed by atoms with E-state index in [4.69, 9.17) is 5.73 Å². The van der Waals surface area contributed by atoms with Gasteiger partial charge in [0.05, 0.1) is 0 Å². The maximum Gasteiger partial charge on any atom is 0.0438 e. The number of allylic oxidation sites excluding steroid dienone is 4. The fourth-order valence-electron chi connectivity index (χ4n) is 1.24. The third kappa shape index (κ3) is 3.77. The minimum absolute atomic E-state index is 0.254. The van der Waals surface area contributed by atoms with E-state index in [2.05, 4.69) is 37.9 Å². The fraction of sp³-hybridized carbons (Fsp3) is 0.583. The molecule has 2 nitrogen and oxygen atoms in total. The van der Waals surface area contributed by atoms with Crippen LogP contribution in [0.3, 0.4) is 0 Å². The van der Waals surface area contributed by atoms with Gasteiger partial charge in [0.25, 0.3) is 0 Å². The molecule has 1 aliphatic rings. The summed E-state index contributed by atoms with van der Waals surface area (Å²) in [6.45, 7) is 7.38. The van der Waals surface area contributed by atoms with Crippen LogP contribution >= 0.6 is 0 Å². The van der Waals surface area contributed by atoms with Gasteiger partial charge in [-0.05, 0) is 18.3 Å². The van der Waals surface area contributed by atoms with Gasteiger partial charge in [-0.15, -0.1) is 0 Å². The zero-order chi connectivity index (χ0) is 10.6. The van der Waals surface area contributed by atoms with Crippen LogP contribution in [-0.2, 0) is 0 Å². The van der Waals surface area contributed by atoms with Gasteiger partial charge in [0, 0.05) is 24.0 Å². The van der Waals surface area contributed by atoms with Crippen LogP contribution in [0, 0.1) is 5.41 Å². The average molecular weight is 192 g/mol. The quantitative estimate of drug-likeness (QED) is 0.671. The van der Waals surface area contributed by atoms with Crippen LogP contribution in [0.4, 0.5) is 0 Å². The Labute approximate surface area is 86.6 Å². The molecule has 78 valence electrons. The molecule has 0 saturated heterocycles. The van der Waals surface area contributed by atoms with E-state index in [-0.39, 0.29) is 5.41 Å². The smallest absolute Gasteiger partial charge is 0.0438 e. The van der Waals surface area contributed by atoms with Crippen LogP contribution in [0.2, 0.25) is 0 Å². The summed E-state index contributed by atoms with van der Waals surface area (Å²) in [5.41, 5.74) is 8.17. The van der Waals surface area contributed by atoms with Crippen LogP contribution in [0.15, 0.2) is 28.4 Å². The van der Waals surface area contributed by atoms with Crippen LogP contribution in [0.25, 0.3) is 0 Å². The van der Waals surface area contributed by atoms with Crippen molar-refractivity contribution >= 4 is 6.21 Å². The molecule has 0 aromatic carbocycles. The van der Waals surface area contributed by atoms with Gasteiger partial charge in [0.2, 0.25) is 0 Å². The molecule has 0 unspecified atom stereocenters. The van der Waals surface area contributed by atoms with Gasteiger partial charge in [-0.2, -0.15) is 0 Å². The largest absolute Gasteiger partial charge is 0.402 e. The molecule has 0 spiro atoms. The summed E-state index contributed by atoms with van der Waals surface area (Å²) in [4.78, 5) is 4.40. The molecule has 0 amide bonds. The third-order valence-electron chi connectivity index (χ3n) is 2.04. The fourth-order valence-corrected chi connectivity index (χ4v) is 1.24. The number of hydrogen-bond acceptors (Lipinski definition) is 2. The van der Waals surface area contributed by atoms with E-state index in [1.54, 1.807) is 0 Å². The number of nitrogens with zero attached hydrogens (tertiary/aromatic N) is 1. The number of aliphatic imine (C=N–C) groups is 1. The van der Waals surface area contributed by atoms with E-state index in [1.165, 1.54) is 0 Å². The summed E-state index contributed by atoms with van der Waals surface area (Å²) in [6.07, 6.45) is 8.13. The normalized spacial score (nSPS) is 18.2. The molecule has 0 atom stereocenters. The Kier molecular flexibility index (Phi) is 3.50. The first-order valence-electron chi connectivity index (χ1n) is 5.14. The van der Waals surface area contributed by atoms with E-state index in [9.17, 15) is 0 Å². The highest BCUT2D eigenvalue weighted by Crippen LogP contribution is 2.15. The first-order chi connectivity index (χ1) is 6.49. The average Bonchev–Trinajstić information content (AvgIpc) is 2.06. The van der Waals surface area contributed by atoms with Gasteiger partial charge < -0.3 is 5.73 Å². The molecular formula is C12H20N2. The molecule has 14 heavy (non-hydrogen) atoms. The molecule has 0 aromatic heterocycles. The summed E-state index contributed by atoms with van der Waals surface area (Å²) in [6, 6.07) is 0. The lowest BCUT2D eigenvalue weighted by Gasteiger charge is -2.14. The Morgan fingerprint density at radius 2 is 2.21 bits per heavy atom. The summed E-state index contributed by atoms with van der Waals surface area (Å²) < 4.78 is 0. The maximum atomic E-state index is 5.87. The van der Waals surface area contributed by atoms with Crippen molar-refractivity contribution in [3.63, 3.8) is 0 Å². The van der Waals surface area contributed by atoms with Crippen molar-refractivity contribution in [3.8, 4) is 0 Å². The molecule has 2 heteroatoms. The second kappa shape index (κ2) is 4.45. The van der Waals surface area contributed by atoms with Crippen LogP contribution in [0.1, 0.15) is 33.6 Å². The molecule has 0 heterocycles. The summed E-state index contributed by atoms with van der Waals surface area (Å²) in [7, 11) is 0. The Hall–Kier alpha value is -1.05. The lowest BCUT2D eigenvalue weighted by Crippen LogP contribution is -2.10. The molecule has 2 N–H and O–H groups in total. The predicted octanol–water partition coefficient (Wildman–Crippen LogP) is 2.67. The van der Waals surface area contributed by atoms with E-state index < -0.39 is 0 Å². The summed E-state index contributed by atoms with van der Waals surface area (Å²) in [5.74, 6) is 0. The van der Waals surface area contributed by atoms with Gasteiger partial charge >= 0.3 is 0 Å². The van der Waals surface area contributed by atoms with Crippen molar-refractivity contribution in [2.24, 2.45) is 16.1 Å². The van der Waals surface area contributed by atoms with Crippen molar-refractivity contribution in [1.82, 2.24) is 0 Å². The second-order valence-electron chi connectivity index (χ2n) is 4.95. The standard InChI is InChI=1S/C12H20N2/c1-12(2,3)9-14-8-10-6-4-5-7-11(10)13/h4,6,8H,5,7,9,13H2,1-3H3. The predicted molar refractivity (Wildman–Crippen MR) is 62.4 cm³/mol. The molecule has 0 saturated carbocycles. The monoisotopic (exact) mass is 192 g/mol. The number of nitrogens with two attached hydrogens (primary N) is 1. The molecule has 1 rings (SSSR count). The third-order valence-corrected chi connectivity index (χ3v) is 2.04. The van der Waals surface area contributed by atoms with Crippen molar-refractivity contribution < 1.29 is 0 Å². The van der Waals surface area contributed by atoms with E-state index in [0.29, 0.717) is 0 Å². The van der Waals surface area contributed by atoms with Gasteiger partial charge in [-0.25, -0.2) is 0 Å². The van der Waals surface area contributed by atoms with Crippen molar-refractivity contribution in [2.45, 2.75) is 33.6 Å². The second-order valence-corrected chi connectivity index (χ2v) is 4.95. The SMILES string of the molecule is CC(C)(C)CN=CC1=C(N)CCC=C1. The summed E-state index contributed by atoms with van der Waals surface area (Å²) in [5, 5.41) is 0. The van der Waals surface area contributed by atoms with Gasteiger partial charge in [0.1, 0.15) is 0 Å². The number of hydrogen-bond donors (Lipinski definition) is 1. The molecule has 0 bridgehead atoms. The van der Waals surface area contributed by atoms with Crippen LogP contribution < -0.4 is 5.73 Å². The van der Waals surface area contributed by atoms with Gasteiger partial charge in [-0.3, -0.25) is 4.99 Å². The first kappa shape index (κ1) is 11.0. The first-order valence-corrected chi connectivity index (χ1v) is 5.14. The molecule has 0 fully saturated rings. The number of rotatable bonds is 2. The van der Waals surface area contributed by atoms with E-state index in [1.807, 2.05) is 6.21 Å². The Morgan fingerprint density at radius 3 is 2.79 bits per heavy atom. The zero-order valence-electron chi connectivity index (χ0n) is 9.38. The Balaban J connectivity index is 2.56. The summed E-state index contributed by atoms with van der Waals surface area (Å²) >= 11 is 0. The lowest BCUT2D eigenvalue weighted by atomic mass is 9.97. The van der Waals surface area contributed by atoms with Gasteiger partial charge in [0.15, 0.2) is 0 Å². The minimum atomic E-state index is 0.254. The zero-order valence-corrected chi connectivity index (χ0v) is 9.38. The van der Waals surface area contributed by atoms with Crippen molar-refractivity contribution in [2.75, 3.05) is 6.54 Å². The maximum absolute atomic E-state index is 5.87. The highest BCUT2D eigenvalue weighted by Gasteiger charge is 2.08. The molecule has 1 aliphatic carbocycles. The molecule has 0 aromatic rings. The highest BCUT2D eigenvalue weighted by molar-refractivity contribution is 5.83. The molecule has 0 aliphatic heterocycles. The minimum Gasteiger partial charge on any atom is -0.402 e. The Bertz CT molecular complexity index is 277. The van der Waals surface area contributed by atoms with Crippen molar-refractivity contribution in [3.05, 3.63) is 23.4 Å². The van der Waals surface area contributed by atoms with Gasteiger partial charge in [-0.1, -0.05) is 32.9 Å².